The lowest BCUT2D eigenvalue weighted by Crippen LogP contribution is -2.30. The van der Waals surface area contributed by atoms with Gasteiger partial charge in [0.25, 0.3) is 15.9 Å². The van der Waals surface area contributed by atoms with Crippen LogP contribution >= 0.6 is 11.6 Å². The number of halogens is 1. The summed E-state index contributed by atoms with van der Waals surface area (Å²) >= 11 is 5.86. The quantitative estimate of drug-likeness (QED) is 0.443. The number of nitrogens with zero attached hydrogens (tertiary/aromatic N) is 1. The largest absolute Gasteiger partial charge is 0.481 e. The molecule has 0 fully saturated rings. The van der Waals surface area contributed by atoms with Crippen molar-refractivity contribution in [3.8, 4) is 5.75 Å². The molecule has 0 spiro atoms. The van der Waals surface area contributed by atoms with Crippen LogP contribution in [0, 0.1) is 0 Å². The average Bonchev–Trinajstić information content (AvgIpc) is 2.79. The highest BCUT2D eigenvalue weighted by molar-refractivity contribution is 7.92. The first-order valence-corrected chi connectivity index (χ1v) is 12.3. The predicted molar refractivity (Wildman–Crippen MR) is 133 cm³/mol. The lowest BCUT2D eigenvalue weighted by molar-refractivity contribution is -0.122. The Balaban J connectivity index is 1.67. The van der Waals surface area contributed by atoms with Gasteiger partial charge in [-0.05, 0) is 73.0 Å². The summed E-state index contributed by atoms with van der Waals surface area (Å²) in [6.07, 6.45) is -0.744. The monoisotopic (exact) mass is 486 g/mol. The van der Waals surface area contributed by atoms with Gasteiger partial charge >= 0.3 is 0 Å². The maximum atomic E-state index is 12.8. The molecule has 174 valence electrons. The Kier molecular flexibility index (Phi) is 7.66. The van der Waals surface area contributed by atoms with Gasteiger partial charge in [0.05, 0.1) is 10.6 Å². The van der Waals surface area contributed by atoms with Crippen molar-refractivity contribution in [2.24, 2.45) is 0 Å². The molecule has 1 unspecified atom stereocenters. The number of carbonyl (C=O) groups excluding carboxylic acids is 1. The summed E-state index contributed by atoms with van der Waals surface area (Å²) in [5.74, 6) is 0.455. The molecular formula is C25H27ClN2O4S. The average molecular weight is 487 g/mol. The zero-order chi connectivity index (χ0) is 24.2. The molecule has 0 bridgehead atoms. The molecule has 33 heavy (non-hydrogen) atoms. The van der Waals surface area contributed by atoms with Gasteiger partial charge in [0.15, 0.2) is 6.10 Å². The lowest BCUT2D eigenvalue weighted by atomic mass is 10.0. The van der Waals surface area contributed by atoms with E-state index in [1.165, 1.54) is 35.6 Å². The van der Waals surface area contributed by atoms with Crippen LogP contribution in [-0.2, 0) is 14.8 Å². The van der Waals surface area contributed by atoms with E-state index in [4.69, 9.17) is 16.3 Å². The molecule has 0 radical (unpaired) electrons. The number of hydrogen-bond donors (Lipinski definition) is 1. The molecule has 0 aliphatic rings. The highest BCUT2D eigenvalue weighted by Crippen LogP contribution is 2.26. The summed E-state index contributed by atoms with van der Waals surface area (Å²) in [5.41, 5.74) is 2.27. The van der Waals surface area contributed by atoms with Crippen LogP contribution in [0.2, 0.25) is 5.02 Å². The minimum atomic E-state index is -3.73. The van der Waals surface area contributed by atoms with Gasteiger partial charge in [-0.25, -0.2) is 8.42 Å². The molecular weight excluding hydrogens is 460 g/mol. The minimum absolute atomic E-state index is 0.140. The third-order valence-corrected chi connectivity index (χ3v) is 7.25. The number of sulfonamides is 1. The second-order valence-electron chi connectivity index (χ2n) is 7.91. The van der Waals surface area contributed by atoms with Crippen molar-refractivity contribution < 1.29 is 17.9 Å². The summed E-state index contributed by atoms with van der Waals surface area (Å²) in [4.78, 5) is 12.8. The van der Waals surface area contributed by atoms with E-state index < -0.39 is 16.1 Å². The minimum Gasteiger partial charge on any atom is -0.481 e. The molecule has 0 saturated heterocycles. The predicted octanol–water partition coefficient (Wildman–Crippen LogP) is 5.69. The summed E-state index contributed by atoms with van der Waals surface area (Å²) in [6.45, 7) is 5.80. The Morgan fingerprint density at radius 3 is 2.15 bits per heavy atom. The molecule has 3 aromatic carbocycles. The molecule has 3 aromatic rings. The summed E-state index contributed by atoms with van der Waals surface area (Å²) in [5, 5.41) is 3.38. The van der Waals surface area contributed by atoms with E-state index >= 15 is 0 Å². The van der Waals surface area contributed by atoms with E-state index in [2.05, 4.69) is 19.2 Å². The van der Waals surface area contributed by atoms with Gasteiger partial charge in [-0.3, -0.25) is 9.10 Å². The van der Waals surface area contributed by atoms with Crippen molar-refractivity contribution in [3.05, 3.63) is 83.4 Å². The number of ether oxygens (including phenoxy) is 1. The van der Waals surface area contributed by atoms with Crippen molar-refractivity contribution in [3.63, 3.8) is 0 Å². The standard InChI is InChI=1S/C25H27ClN2O4S/c1-17(2)23-7-5-6-8-24(23)27-25(29)18(3)32-21-13-11-20(12-14-21)28(4)33(30,31)22-15-9-19(26)10-16-22/h5-18H,1-4H3,(H,27,29). The lowest BCUT2D eigenvalue weighted by Gasteiger charge is -2.21. The Morgan fingerprint density at radius 2 is 1.55 bits per heavy atom. The number of hydrogen-bond acceptors (Lipinski definition) is 4. The Bertz CT molecular complexity index is 1210. The molecule has 1 N–H and O–H groups in total. The van der Waals surface area contributed by atoms with E-state index in [1.54, 1.807) is 31.2 Å². The molecule has 0 aliphatic heterocycles. The van der Waals surface area contributed by atoms with Gasteiger partial charge < -0.3 is 10.1 Å². The second-order valence-corrected chi connectivity index (χ2v) is 10.3. The Labute approximate surface area is 200 Å². The first-order chi connectivity index (χ1) is 15.6. The van der Waals surface area contributed by atoms with Crippen LogP contribution in [-0.4, -0.2) is 27.5 Å². The van der Waals surface area contributed by atoms with E-state index in [0.29, 0.717) is 16.5 Å². The second kappa shape index (κ2) is 10.3. The molecule has 0 aromatic heterocycles. The fourth-order valence-corrected chi connectivity index (χ4v) is 4.57. The zero-order valence-corrected chi connectivity index (χ0v) is 20.5. The van der Waals surface area contributed by atoms with Crippen molar-refractivity contribution >= 4 is 38.9 Å². The number of benzene rings is 3. The van der Waals surface area contributed by atoms with Crippen molar-refractivity contribution in [1.82, 2.24) is 0 Å². The van der Waals surface area contributed by atoms with Crippen LogP contribution in [0.1, 0.15) is 32.3 Å². The van der Waals surface area contributed by atoms with Gasteiger partial charge in [0.2, 0.25) is 0 Å². The van der Waals surface area contributed by atoms with Crippen LogP contribution in [0.3, 0.4) is 0 Å². The first kappa shape index (κ1) is 24.6. The fourth-order valence-electron chi connectivity index (χ4n) is 3.24. The smallest absolute Gasteiger partial charge is 0.265 e. The highest BCUT2D eigenvalue weighted by Gasteiger charge is 2.22. The summed E-state index contributed by atoms with van der Waals surface area (Å²) in [7, 11) is -2.26. The van der Waals surface area contributed by atoms with Crippen LogP contribution in [0.25, 0.3) is 0 Å². The van der Waals surface area contributed by atoms with E-state index in [9.17, 15) is 13.2 Å². The maximum absolute atomic E-state index is 12.8. The molecule has 1 amide bonds. The molecule has 1 atom stereocenters. The molecule has 3 rings (SSSR count). The molecule has 0 saturated carbocycles. The normalized spacial score (nSPS) is 12.3. The van der Waals surface area contributed by atoms with E-state index in [-0.39, 0.29) is 16.7 Å². The van der Waals surface area contributed by atoms with E-state index in [0.717, 1.165) is 11.3 Å². The Morgan fingerprint density at radius 1 is 0.939 bits per heavy atom. The fraction of sp³-hybridized carbons (Fsp3) is 0.240. The number of rotatable bonds is 8. The topological polar surface area (TPSA) is 75.7 Å². The maximum Gasteiger partial charge on any atom is 0.265 e. The molecule has 0 aliphatic carbocycles. The zero-order valence-electron chi connectivity index (χ0n) is 18.9. The van der Waals surface area contributed by atoms with Gasteiger partial charge in [0, 0.05) is 17.8 Å². The van der Waals surface area contributed by atoms with Crippen LogP contribution in [0.4, 0.5) is 11.4 Å². The third-order valence-electron chi connectivity index (χ3n) is 5.20. The number of anilines is 2. The third kappa shape index (κ3) is 5.86. The van der Waals surface area contributed by atoms with Gasteiger partial charge in [0.1, 0.15) is 5.75 Å². The van der Waals surface area contributed by atoms with Crippen molar-refractivity contribution in [2.45, 2.75) is 37.7 Å². The van der Waals surface area contributed by atoms with Crippen LogP contribution in [0.15, 0.2) is 77.7 Å². The number of amides is 1. The van der Waals surface area contributed by atoms with Gasteiger partial charge in [-0.2, -0.15) is 0 Å². The summed E-state index contributed by atoms with van der Waals surface area (Å²) in [6, 6.07) is 20.2. The van der Waals surface area contributed by atoms with Crippen LogP contribution < -0.4 is 14.4 Å². The van der Waals surface area contributed by atoms with Crippen molar-refractivity contribution in [1.29, 1.82) is 0 Å². The SMILES string of the molecule is CC(Oc1ccc(N(C)S(=O)(=O)c2ccc(Cl)cc2)cc1)C(=O)Nc1ccccc1C(C)C. The molecule has 0 heterocycles. The summed E-state index contributed by atoms with van der Waals surface area (Å²) < 4.78 is 32.6. The number of para-hydroxylation sites is 1. The molecule has 6 nitrogen and oxygen atoms in total. The first-order valence-electron chi connectivity index (χ1n) is 10.5. The van der Waals surface area contributed by atoms with Crippen molar-refractivity contribution in [2.75, 3.05) is 16.7 Å². The highest BCUT2D eigenvalue weighted by atomic mass is 35.5. The van der Waals surface area contributed by atoms with E-state index in [1.807, 2.05) is 24.3 Å². The van der Waals surface area contributed by atoms with Gasteiger partial charge in [-0.15, -0.1) is 0 Å². The molecule has 8 heteroatoms. The number of nitrogens with one attached hydrogen (secondary N) is 1. The van der Waals surface area contributed by atoms with Gasteiger partial charge in [-0.1, -0.05) is 43.6 Å². The number of carbonyl (C=O) groups is 1. The van der Waals surface area contributed by atoms with Crippen LogP contribution in [0.5, 0.6) is 5.75 Å². The Hall–Kier alpha value is -3.03.